The average molecular weight is 871 g/mol. The largest absolute Gasteiger partial charge is 0.508 e. The van der Waals surface area contributed by atoms with Crippen LogP contribution in [-0.4, -0.2) is 113 Å². The van der Waals surface area contributed by atoms with Crippen molar-refractivity contribution in [3.63, 3.8) is 0 Å². The quantitative estimate of drug-likeness (QED) is 0.0792. The zero-order valence-corrected chi connectivity index (χ0v) is 38.1. The molecule has 15 heteroatoms. The van der Waals surface area contributed by atoms with E-state index >= 15 is 0 Å². The smallest absolute Gasteiger partial charge is 0.407 e. The van der Waals surface area contributed by atoms with Crippen molar-refractivity contribution in [2.24, 2.45) is 11.3 Å². The number of aromatic nitrogens is 2. The van der Waals surface area contributed by atoms with Gasteiger partial charge in [0.25, 0.3) is 12.4 Å². The minimum absolute atomic E-state index is 0.0142. The van der Waals surface area contributed by atoms with Gasteiger partial charge in [-0.2, -0.15) is 0 Å². The Labute approximate surface area is 371 Å². The minimum atomic E-state index is -1.25. The summed E-state index contributed by atoms with van der Waals surface area (Å²) in [5, 5.41) is 26.2. The molecule has 342 valence electrons. The molecule has 0 bridgehead atoms. The van der Waals surface area contributed by atoms with Gasteiger partial charge < -0.3 is 34.3 Å². The lowest BCUT2D eigenvalue weighted by atomic mass is 9.84. The number of amides is 3. The molecular weight excluding hydrogens is 805 g/mol. The Kier molecular flexibility index (Phi) is 17.1. The maximum Gasteiger partial charge on any atom is 0.407 e. The summed E-state index contributed by atoms with van der Waals surface area (Å²) in [5.41, 5.74) is 9.59. The number of likely N-dealkylation sites (N-methyl/N-ethyl adjacent to an activating group) is 1. The fourth-order valence-corrected chi connectivity index (χ4v) is 8.53. The fraction of sp³-hybridized carbons (Fsp3) is 0.521. The molecule has 4 aromatic rings. The molecule has 4 N–H and O–H groups in total. The van der Waals surface area contributed by atoms with Crippen LogP contribution < -0.4 is 10.7 Å². The molecule has 2 aliphatic heterocycles. The van der Waals surface area contributed by atoms with E-state index in [1.54, 1.807) is 39.3 Å². The molecular formula is C48H66N6O9. The normalized spacial score (nSPS) is 15.6. The number of phenols is 1. The summed E-state index contributed by atoms with van der Waals surface area (Å²) in [6.07, 6.45) is 5.10. The summed E-state index contributed by atoms with van der Waals surface area (Å²) in [6.45, 7) is 16.1. The topological polar surface area (TPSA) is 185 Å². The Balaban J connectivity index is 0.00000139. The van der Waals surface area contributed by atoms with Crippen molar-refractivity contribution >= 4 is 35.3 Å². The number of nitrogens with zero attached hydrogens (tertiary/aromatic N) is 4. The van der Waals surface area contributed by atoms with E-state index in [2.05, 4.69) is 54.3 Å². The van der Waals surface area contributed by atoms with Crippen molar-refractivity contribution in [2.75, 3.05) is 47.1 Å². The molecule has 2 aromatic heterocycles. The van der Waals surface area contributed by atoms with E-state index in [0.717, 1.165) is 69.9 Å². The molecule has 2 aliphatic rings. The summed E-state index contributed by atoms with van der Waals surface area (Å²) in [6, 6.07) is 13.2. The molecule has 0 radical (unpaired) electrons. The first-order valence-electron chi connectivity index (χ1n) is 22.0. The van der Waals surface area contributed by atoms with Gasteiger partial charge in [0.2, 0.25) is 5.91 Å². The fourth-order valence-electron chi connectivity index (χ4n) is 8.53. The number of hydrogen-bond donors (Lipinski definition) is 4. The zero-order valence-electron chi connectivity index (χ0n) is 38.1. The van der Waals surface area contributed by atoms with Crippen molar-refractivity contribution in [1.82, 2.24) is 30.2 Å². The number of carboxylic acid groups (broad SMARTS) is 1. The number of hydrogen-bond acceptors (Lipinski definition) is 10. The van der Waals surface area contributed by atoms with Crippen molar-refractivity contribution < 1.29 is 43.6 Å². The highest BCUT2D eigenvalue weighted by molar-refractivity contribution is 5.96. The molecule has 2 fully saturated rings. The number of hydrazine groups is 1. The van der Waals surface area contributed by atoms with Crippen molar-refractivity contribution in [3.05, 3.63) is 71.5 Å². The first kappa shape index (κ1) is 48.5. The molecule has 63 heavy (non-hydrogen) atoms. The van der Waals surface area contributed by atoms with Crippen LogP contribution in [0.15, 0.2) is 54.7 Å². The van der Waals surface area contributed by atoms with E-state index in [0.29, 0.717) is 43.7 Å². The highest BCUT2D eigenvalue weighted by atomic mass is 16.5. The lowest BCUT2D eigenvalue weighted by Gasteiger charge is -2.33. The molecule has 3 amide bonds. The molecule has 3 unspecified atom stereocenters. The molecule has 15 nitrogen and oxygen atoms in total. The lowest BCUT2D eigenvalue weighted by Crippen LogP contribution is -2.59. The Morgan fingerprint density at radius 3 is 2.40 bits per heavy atom. The summed E-state index contributed by atoms with van der Waals surface area (Å²) in [5.74, 6) is -1.31. The molecule has 2 aromatic carbocycles. The van der Waals surface area contributed by atoms with Gasteiger partial charge in [-0.15, -0.1) is 0 Å². The van der Waals surface area contributed by atoms with E-state index in [4.69, 9.17) is 19.2 Å². The van der Waals surface area contributed by atoms with Crippen LogP contribution in [0.3, 0.4) is 0 Å². The van der Waals surface area contributed by atoms with Crippen LogP contribution in [-0.2, 0) is 48.0 Å². The lowest BCUT2D eigenvalue weighted by molar-refractivity contribution is -0.141. The van der Waals surface area contributed by atoms with Gasteiger partial charge in [-0.1, -0.05) is 39.8 Å². The third-order valence-electron chi connectivity index (χ3n) is 11.7. The Morgan fingerprint density at radius 2 is 1.79 bits per heavy atom. The average Bonchev–Trinajstić information content (AvgIpc) is 3.95. The number of carbonyl (C=O) groups is 4. The second-order valence-corrected chi connectivity index (χ2v) is 17.5. The van der Waals surface area contributed by atoms with Crippen LogP contribution in [0.2, 0.25) is 0 Å². The van der Waals surface area contributed by atoms with Crippen LogP contribution in [0.5, 0.6) is 5.75 Å². The maximum absolute atomic E-state index is 14.0. The van der Waals surface area contributed by atoms with Gasteiger partial charge >= 0.3 is 6.09 Å². The van der Waals surface area contributed by atoms with Crippen LogP contribution in [0.25, 0.3) is 33.3 Å². The highest BCUT2D eigenvalue weighted by Crippen LogP contribution is 2.42. The summed E-state index contributed by atoms with van der Waals surface area (Å²) >= 11 is 0. The van der Waals surface area contributed by atoms with Gasteiger partial charge in [0.15, 0.2) is 0 Å². The van der Waals surface area contributed by atoms with E-state index in [1.165, 1.54) is 24.9 Å². The predicted molar refractivity (Wildman–Crippen MR) is 242 cm³/mol. The third-order valence-corrected chi connectivity index (χ3v) is 11.7. The van der Waals surface area contributed by atoms with Gasteiger partial charge in [-0.05, 0) is 111 Å². The van der Waals surface area contributed by atoms with E-state index in [-0.39, 0.29) is 36.7 Å². The number of rotatable bonds is 17. The minimum Gasteiger partial charge on any atom is -0.508 e. The molecule has 0 aliphatic carbocycles. The first-order valence-corrected chi connectivity index (χ1v) is 22.0. The Bertz CT molecular complexity index is 2190. The number of pyridine rings is 1. The van der Waals surface area contributed by atoms with E-state index in [9.17, 15) is 29.4 Å². The molecule has 2 saturated heterocycles. The van der Waals surface area contributed by atoms with Gasteiger partial charge in [0.1, 0.15) is 17.8 Å². The molecule has 4 heterocycles. The summed E-state index contributed by atoms with van der Waals surface area (Å²) in [4.78, 5) is 56.6. The van der Waals surface area contributed by atoms with Crippen molar-refractivity contribution in [1.29, 1.82) is 0 Å². The monoisotopic (exact) mass is 870 g/mol. The zero-order chi connectivity index (χ0) is 45.8. The van der Waals surface area contributed by atoms with Crippen LogP contribution in [0.1, 0.15) is 90.2 Å². The number of methoxy groups -OCH3 is 1. The first-order chi connectivity index (χ1) is 30.1. The number of benzene rings is 2. The number of aryl methyl sites for hydroxylation is 1. The third kappa shape index (κ3) is 12.2. The predicted octanol–water partition coefficient (Wildman–Crippen LogP) is 7.13. The number of nitrogens with one attached hydrogen (secondary N) is 2. The number of fused-ring (bicyclic) bond motifs is 1. The molecule has 0 spiro atoms. The van der Waals surface area contributed by atoms with Crippen LogP contribution in [0.4, 0.5) is 4.79 Å². The SMILES string of the molecule is C1CCOC1.CCn1c(-c2cccnc2C(C)OC)c(CC(C)(C)COC=O)c2cc(-c3cc(O)cc(CC(NC(=O)C(C(C)C)N(C)C(=O)O)C(=O)N4CCCCN4)c3)ccc21. The van der Waals surface area contributed by atoms with Gasteiger partial charge in [-0.25, -0.2) is 10.2 Å². The van der Waals surface area contributed by atoms with Crippen LogP contribution in [0, 0.1) is 11.3 Å². The van der Waals surface area contributed by atoms with Gasteiger partial charge in [0, 0.05) is 81.5 Å². The number of carbonyl (C=O) groups excluding carboxylic acids is 3. The van der Waals surface area contributed by atoms with E-state index < -0.39 is 29.5 Å². The molecule has 3 atom stereocenters. The second-order valence-electron chi connectivity index (χ2n) is 17.5. The van der Waals surface area contributed by atoms with Crippen molar-refractivity contribution in [2.45, 2.75) is 105 Å². The Hall–Kier alpha value is -5.51. The number of phenolic OH excluding ortho intramolecular Hbond substituents is 1. The van der Waals surface area contributed by atoms with Crippen LogP contribution >= 0.6 is 0 Å². The van der Waals surface area contributed by atoms with E-state index in [1.807, 2.05) is 25.1 Å². The standard InChI is InChI=1S/C44H58N6O8.C4H8O/c1-9-49-37-15-14-30(23-34(37)35(24-44(5,6)25-58-26-51)40(49)33-13-12-16-45-38(33)28(4)57-8)31-19-29(20-32(52)22-31)21-36(42(54)50-18-11-10-17-46-50)47-41(53)39(27(2)3)48(7)43(55)56;1-2-4-5-3-1/h12-16,19-20,22-23,26-28,36,39,46,52H,9-11,17-18,21,24-25H2,1-8H3,(H,47,53)(H,55,56);1-4H2. The van der Waals surface area contributed by atoms with Gasteiger partial charge in [0.05, 0.1) is 24.1 Å². The highest BCUT2D eigenvalue weighted by Gasteiger charge is 2.35. The number of ether oxygens (including phenoxy) is 3. The Morgan fingerprint density at radius 1 is 1.05 bits per heavy atom. The van der Waals surface area contributed by atoms with Gasteiger partial charge in [-0.3, -0.25) is 29.3 Å². The molecule has 0 saturated carbocycles. The van der Waals surface area contributed by atoms with Crippen molar-refractivity contribution in [3.8, 4) is 28.1 Å². The molecule has 6 rings (SSSR count). The maximum atomic E-state index is 14.0. The summed E-state index contributed by atoms with van der Waals surface area (Å²) < 4.78 is 18.2. The number of aromatic hydroxyl groups is 1. The second kappa shape index (κ2) is 22.2. The summed E-state index contributed by atoms with van der Waals surface area (Å²) in [7, 11) is 3.00.